The predicted molar refractivity (Wildman–Crippen MR) is 43.1 cm³/mol. The fraction of sp³-hybridized carbons (Fsp3) is 0.500. The number of amides is 1. The topological polar surface area (TPSA) is 32.7 Å². The van der Waals surface area contributed by atoms with E-state index in [1.54, 1.807) is 0 Å². The molecule has 1 amide bonds. The van der Waals surface area contributed by atoms with Crippen molar-refractivity contribution in [1.29, 1.82) is 0 Å². The number of carbonyl (C=O) groups is 1. The van der Waals surface area contributed by atoms with E-state index in [0.717, 1.165) is 13.0 Å². The van der Waals surface area contributed by atoms with Gasteiger partial charge in [0, 0.05) is 6.54 Å². The summed E-state index contributed by atoms with van der Waals surface area (Å²) in [5.41, 5.74) is 0. The summed E-state index contributed by atoms with van der Waals surface area (Å²) in [6.45, 7) is 3.21. The number of hydrogen-bond donors (Lipinski definition) is 0. The second kappa shape index (κ2) is 3.20. The highest BCUT2D eigenvalue weighted by molar-refractivity contribution is 6.10. The first-order valence-corrected chi connectivity index (χ1v) is 3.61. The Morgan fingerprint density at radius 1 is 1.82 bits per heavy atom. The minimum atomic E-state index is -0.133. The van der Waals surface area contributed by atoms with Crippen LogP contribution in [0.15, 0.2) is 4.99 Å². The Morgan fingerprint density at radius 3 is 3.09 bits per heavy atom. The molecule has 0 aromatic heterocycles. The number of hydrogen-bond acceptors (Lipinski definition) is 2. The van der Waals surface area contributed by atoms with E-state index in [4.69, 9.17) is 6.42 Å². The van der Waals surface area contributed by atoms with Gasteiger partial charge in [-0.1, -0.05) is 6.92 Å². The van der Waals surface area contributed by atoms with Crippen LogP contribution in [-0.4, -0.2) is 29.7 Å². The first-order chi connectivity index (χ1) is 5.27. The van der Waals surface area contributed by atoms with Crippen molar-refractivity contribution in [2.24, 2.45) is 4.99 Å². The van der Waals surface area contributed by atoms with Crippen molar-refractivity contribution < 1.29 is 4.79 Å². The molecular weight excluding hydrogens is 140 g/mol. The molecule has 0 aromatic rings. The molecule has 0 bridgehead atoms. The van der Waals surface area contributed by atoms with Crippen LogP contribution in [0.5, 0.6) is 0 Å². The molecule has 1 heterocycles. The van der Waals surface area contributed by atoms with E-state index in [2.05, 4.69) is 10.9 Å². The lowest BCUT2D eigenvalue weighted by molar-refractivity contribution is -0.117. The van der Waals surface area contributed by atoms with Crippen LogP contribution in [0, 0.1) is 12.3 Å². The summed E-state index contributed by atoms with van der Waals surface area (Å²) < 4.78 is 0. The smallest absolute Gasteiger partial charge is 0.267 e. The van der Waals surface area contributed by atoms with Crippen molar-refractivity contribution in [2.45, 2.75) is 13.3 Å². The Hall–Kier alpha value is -1.30. The van der Waals surface area contributed by atoms with Crippen molar-refractivity contribution in [3.63, 3.8) is 0 Å². The zero-order valence-electron chi connectivity index (χ0n) is 6.50. The molecule has 0 N–H and O–H groups in total. The van der Waals surface area contributed by atoms with Crippen molar-refractivity contribution >= 4 is 11.7 Å². The first-order valence-electron chi connectivity index (χ1n) is 3.61. The van der Waals surface area contributed by atoms with Crippen LogP contribution in [-0.2, 0) is 4.79 Å². The van der Waals surface area contributed by atoms with Crippen molar-refractivity contribution in [1.82, 2.24) is 4.90 Å². The van der Waals surface area contributed by atoms with Crippen LogP contribution in [0.25, 0.3) is 0 Å². The van der Waals surface area contributed by atoms with Gasteiger partial charge in [-0.25, -0.2) is 0 Å². The van der Waals surface area contributed by atoms with Gasteiger partial charge in [0.15, 0.2) is 5.84 Å². The fourth-order valence-corrected chi connectivity index (χ4v) is 1.04. The third-order valence-corrected chi connectivity index (χ3v) is 1.48. The zero-order valence-corrected chi connectivity index (χ0v) is 6.50. The summed E-state index contributed by atoms with van der Waals surface area (Å²) in [4.78, 5) is 16.3. The molecule has 11 heavy (non-hydrogen) atoms. The molecular formula is C8H10N2O. The molecule has 1 rings (SSSR count). The summed E-state index contributed by atoms with van der Waals surface area (Å²) in [6.07, 6.45) is 6.12. The monoisotopic (exact) mass is 150 g/mol. The second-order valence-corrected chi connectivity index (χ2v) is 2.40. The number of aliphatic imine (C=N–C) groups is 1. The molecule has 1 aliphatic heterocycles. The van der Waals surface area contributed by atoms with Gasteiger partial charge in [0.25, 0.3) is 5.91 Å². The molecule has 0 fully saturated rings. The van der Waals surface area contributed by atoms with Gasteiger partial charge >= 0.3 is 0 Å². The maximum Gasteiger partial charge on any atom is 0.267 e. The molecule has 0 aliphatic carbocycles. The van der Waals surface area contributed by atoms with Gasteiger partial charge < -0.3 is 4.90 Å². The van der Waals surface area contributed by atoms with Crippen LogP contribution in [0.4, 0.5) is 0 Å². The van der Waals surface area contributed by atoms with Gasteiger partial charge in [0.05, 0.1) is 0 Å². The van der Waals surface area contributed by atoms with E-state index in [1.165, 1.54) is 0 Å². The third kappa shape index (κ3) is 1.58. The number of nitrogens with zero attached hydrogens (tertiary/aromatic N) is 2. The zero-order chi connectivity index (χ0) is 8.27. The third-order valence-electron chi connectivity index (χ3n) is 1.48. The summed E-state index contributed by atoms with van der Waals surface area (Å²) in [7, 11) is 0. The Morgan fingerprint density at radius 2 is 2.55 bits per heavy atom. The molecule has 0 saturated heterocycles. The molecule has 0 radical (unpaired) electrons. The maximum atomic E-state index is 10.8. The van der Waals surface area contributed by atoms with Crippen LogP contribution in [0.1, 0.15) is 13.3 Å². The van der Waals surface area contributed by atoms with E-state index in [0.29, 0.717) is 12.4 Å². The molecule has 0 unspecified atom stereocenters. The predicted octanol–water partition coefficient (Wildman–Crippen LogP) is 0.270. The highest BCUT2D eigenvalue weighted by Crippen LogP contribution is 2.02. The van der Waals surface area contributed by atoms with Crippen LogP contribution < -0.4 is 0 Å². The van der Waals surface area contributed by atoms with E-state index < -0.39 is 0 Å². The summed E-state index contributed by atoms with van der Waals surface area (Å²) in [5.74, 6) is 2.73. The molecule has 1 aliphatic rings. The standard InChI is InChI=1S/C8H10N2O/c1-3-5-10-6-8(11)9-7(10)4-2/h2H,3,5-6H2,1H3. The van der Waals surface area contributed by atoms with Crippen molar-refractivity contribution in [3.05, 3.63) is 0 Å². The average Bonchev–Trinajstić information content (AvgIpc) is 2.32. The Kier molecular flexibility index (Phi) is 2.27. The minimum absolute atomic E-state index is 0.133. The van der Waals surface area contributed by atoms with E-state index in [-0.39, 0.29) is 5.91 Å². The quantitative estimate of drug-likeness (QED) is 0.529. The fourth-order valence-electron chi connectivity index (χ4n) is 1.04. The lowest BCUT2D eigenvalue weighted by Crippen LogP contribution is -2.28. The molecule has 0 saturated carbocycles. The van der Waals surface area contributed by atoms with Crippen molar-refractivity contribution in [2.75, 3.05) is 13.1 Å². The first kappa shape index (κ1) is 7.80. The van der Waals surface area contributed by atoms with E-state index in [9.17, 15) is 4.79 Å². The summed E-state index contributed by atoms with van der Waals surface area (Å²) in [6, 6.07) is 0. The molecule has 3 nitrogen and oxygen atoms in total. The summed E-state index contributed by atoms with van der Waals surface area (Å²) >= 11 is 0. The largest absolute Gasteiger partial charge is 0.340 e. The average molecular weight is 150 g/mol. The number of amidine groups is 1. The van der Waals surface area contributed by atoms with Crippen molar-refractivity contribution in [3.8, 4) is 12.3 Å². The van der Waals surface area contributed by atoms with Crippen LogP contribution >= 0.6 is 0 Å². The molecule has 58 valence electrons. The number of carbonyl (C=O) groups excluding carboxylic acids is 1. The molecule has 0 spiro atoms. The minimum Gasteiger partial charge on any atom is -0.340 e. The Labute approximate surface area is 66.1 Å². The SMILES string of the molecule is C#CC1=NC(=O)CN1CCC. The van der Waals surface area contributed by atoms with E-state index in [1.807, 2.05) is 11.8 Å². The Balaban J connectivity index is 2.65. The van der Waals surface area contributed by atoms with Gasteiger partial charge in [-0.05, 0) is 12.3 Å². The van der Waals surface area contributed by atoms with E-state index >= 15 is 0 Å². The van der Waals surface area contributed by atoms with Crippen LogP contribution in [0.3, 0.4) is 0 Å². The van der Waals surface area contributed by atoms with Gasteiger partial charge in [-0.2, -0.15) is 4.99 Å². The maximum absolute atomic E-state index is 10.8. The number of terminal acetylenes is 1. The normalized spacial score (nSPS) is 16.5. The summed E-state index contributed by atoms with van der Waals surface area (Å²) in [5, 5.41) is 0. The lowest BCUT2D eigenvalue weighted by atomic mass is 10.4. The molecule has 3 heteroatoms. The second-order valence-electron chi connectivity index (χ2n) is 2.40. The number of rotatable bonds is 2. The van der Waals surface area contributed by atoms with Gasteiger partial charge in [0.1, 0.15) is 6.54 Å². The molecule has 0 aromatic carbocycles. The highest BCUT2D eigenvalue weighted by atomic mass is 16.2. The Bertz CT molecular complexity index is 237. The van der Waals surface area contributed by atoms with Crippen LogP contribution in [0.2, 0.25) is 0 Å². The highest BCUT2D eigenvalue weighted by Gasteiger charge is 2.19. The lowest BCUT2D eigenvalue weighted by Gasteiger charge is -2.13. The van der Waals surface area contributed by atoms with Gasteiger partial charge in [-0.15, -0.1) is 6.42 Å². The van der Waals surface area contributed by atoms with Gasteiger partial charge in [-0.3, -0.25) is 4.79 Å². The van der Waals surface area contributed by atoms with Gasteiger partial charge in [0.2, 0.25) is 0 Å². The molecule has 0 atom stereocenters.